The molecule has 2 unspecified atom stereocenters. The van der Waals surface area contributed by atoms with Crippen LogP contribution >= 0.6 is 0 Å². The highest BCUT2D eigenvalue weighted by atomic mass is 16.2. The number of rotatable bonds is 5. The molecule has 0 bridgehead atoms. The monoisotopic (exact) mass is 210 g/mol. The number of hydrogen-bond acceptors (Lipinski definition) is 2. The average molecular weight is 210 g/mol. The quantitative estimate of drug-likeness (QED) is 0.745. The Labute approximate surface area is 92.0 Å². The molecular formula is C12H22N2O. The Balaban J connectivity index is 1.79. The lowest BCUT2D eigenvalue weighted by Crippen LogP contribution is -2.39. The number of amides is 1. The van der Waals surface area contributed by atoms with E-state index in [4.69, 9.17) is 5.73 Å². The molecule has 2 N–H and O–H groups in total. The van der Waals surface area contributed by atoms with E-state index >= 15 is 0 Å². The van der Waals surface area contributed by atoms with Crippen LogP contribution in [0.4, 0.5) is 0 Å². The first-order valence-corrected chi connectivity index (χ1v) is 6.24. The third kappa shape index (κ3) is 2.71. The van der Waals surface area contributed by atoms with Crippen molar-refractivity contribution in [1.82, 2.24) is 4.90 Å². The minimum absolute atomic E-state index is 0.231. The normalized spacial score (nSPS) is 28.5. The van der Waals surface area contributed by atoms with E-state index in [9.17, 15) is 4.79 Å². The summed E-state index contributed by atoms with van der Waals surface area (Å²) in [6.45, 7) is 3.93. The molecule has 1 aliphatic heterocycles. The minimum atomic E-state index is 0.231. The first-order valence-electron chi connectivity index (χ1n) is 6.24. The number of carbonyl (C=O) groups excluding carboxylic acids is 1. The largest absolute Gasteiger partial charge is 0.341 e. The van der Waals surface area contributed by atoms with Gasteiger partial charge >= 0.3 is 0 Å². The van der Waals surface area contributed by atoms with Gasteiger partial charge in [-0.05, 0) is 31.1 Å². The Kier molecular flexibility index (Phi) is 3.29. The van der Waals surface area contributed by atoms with Gasteiger partial charge in [0.1, 0.15) is 0 Å². The molecule has 2 aliphatic rings. The van der Waals surface area contributed by atoms with E-state index in [1.54, 1.807) is 0 Å². The smallest absolute Gasteiger partial charge is 0.222 e. The summed E-state index contributed by atoms with van der Waals surface area (Å²) in [7, 11) is 0. The number of hydrogen-bond donors (Lipinski definition) is 1. The van der Waals surface area contributed by atoms with Crippen LogP contribution in [0.15, 0.2) is 0 Å². The number of nitrogens with zero attached hydrogens (tertiary/aromatic N) is 1. The molecule has 0 spiro atoms. The summed E-state index contributed by atoms with van der Waals surface area (Å²) in [4.78, 5) is 13.7. The molecule has 3 heteroatoms. The third-order valence-corrected chi connectivity index (χ3v) is 3.65. The molecule has 2 rings (SSSR count). The summed E-state index contributed by atoms with van der Waals surface area (Å²) in [5, 5.41) is 0. The van der Waals surface area contributed by atoms with Crippen LogP contribution < -0.4 is 5.73 Å². The van der Waals surface area contributed by atoms with Crippen LogP contribution in [0.25, 0.3) is 0 Å². The van der Waals surface area contributed by atoms with Crippen molar-refractivity contribution in [3.8, 4) is 0 Å². The Morgan fingerprint density at radius 1 is 1.53 bits per heavy atom. The van der Waals surface area contributed by atoms with Crippen molar-refractivity contribution in [2.45, 2.75) is 45.1 Å². The predicted octanol–water partition coefficient (Wildman–Crippen LogP) is 1.37. The average Bonchev–Trinajstić information content (AvgIpc) is 2.95. The second kappa shape index (κ2) is 4.52. The van der Waals surface area contributed by atoms with E-state index in [0.717, 1.165) is 19.5 Å². The fraction of sp³-hybridized carbons (Fsp3) is 0.917. The lowest BCUT2D eigenvalue weighted by atomic mass is 10.0. The van der Waals surface area contributed by atoms with Gasteiger partial charge in [0.25, 0.3) is 0 Å². The fourth-order valence-electron chi connectivity index (χ4n) is 2.56. The van der Waals surface area contributed by atoms with Crippen molar-refractivity contribution in [1.29, 1.82) is 0 Å². The molecule has 1 saturated carbocycles. The zero-order chi connectivity index (χ0) is 10.8. The van der Waals surface area contributed by atoms with Crippen molar-refractivity contribution in [2.75, 3.05) is 13.1 Å². The highest BCUT2D eigenvalue weighted by Gasteiger charge is 2.34. The van der Waals surface area contributed by atoms with Crippen molar-refractivity contribution in [2.24, 2.45) is 17.6 Å². The zero-order valence-corrected chi connectivity index (χ0v) is 9.61. The molecule has 2 fully saturated rings. The maximum absolute atomic E-state index is 11.7. The highest BCUT2D eigenvalue weighted by Crippen LogP contribution is 2.32. The van der Waals surface area contributed by atoms with E-state index in [-0.39, 0.29) is 6.04 Å². The molecule has 2 atom stereocenters. The zero-order valence-electron chi connectivity index (χ0n) is 9.61. The Bertz CT molecular complexity index is 238. The summed E-state index contributed by atoms with van der Waals surface area (Å²) < 4.78 is 0. The number of carbonyl (C=O) groups is 1. The number of nitrogens with two attached hydrogens (primary N) is 1. The fourth-order valence-corrected chi connectivity index (χ4v) is 2.56. The molecule has 15 heavy (non-hydrogen) atoms. The summed E-state index contributed by atoms with van der Waals surface area (Å²) in [5.74, 6) is 1.61. The minimum Gasteiger partial charge on any atom is -0.341 e. The van der Waals surface area contributed by atoms with Crippen LogP contribution in [0.3, 0.4) is 0 Å². The van der Waals surface area contributed by atoms with Gasteiger partial charge in [-0.2, -0.15) is 0 Å². The molecule has 86 valence electrons. The molecule has 1 heterocycles. The van der Waals surface area contributed by atoms with Crippen molar-refractivity contribution >= 4 is 5.91 Å². The van der Waals surface area contributed by atoms with E-state index in [1.807, 2.05) is 4.90 Å². The van der Waals surface area contributed by atoms with Crippen molar-refractivity contribution in [3.63, 3.8) is 0 Å². The van der Waals surface area contributed by atoms with Crippen molar-refractivity contribution < 1.29 is 4.79 Å². The van der Waals surface area contributed by atoms with Crippen LogP contribution in [-0.2, 0) is 4.79 Å². The van der Waals surface area contributed by atoms with E-state index in [1.165, 1.54) is 25.7 Å². The maximum atomic E-state index is 11.7. The molecule has 0 radical (unpaired) electrons. The second-order valence-electron chi connectivity index (χ2n) is 5.16. The molecule has 0 aromatic carbocycles. The van der Waals surface area contributed by atoms with Gasteiger partial charge in [-0.25, -0.2) is 0 Å². The van der Waals surface area contributed by atoms with E-state index < -0.39 is 0 Å². The molecule has 0 aromatic heterocycles. The second-order valence-corrected chi connectivity index (χ2v) is 5.16. The summed E-state index contributed by atoms with van der Waals surface area (Å²) in [6.07, 6.45) is 5.65. The highest BCUT2D eigenvalue weighted by molar-refractivity contribution is 5.78. The molecule has 1 amide bonds. The van der Waals surface area contributed by atoms with Crippen molar-refractivity contribution in [3.05, 3.63) is 0 Å². The van der Waals surface area contributed by atoms with Crippen LogP contribution in [-0.4, -0.2) is 29.9 Å². The van der Waals surface area contributed by atoms with Gasteiger partial charge in [-0.3, -0.25) is 4.79 Å². The van der Waals surface area contributed by atoms with Crippen LogP contribution in [0.1, 0.15) is 39.0 Å². The summed E-state index contributed by atoms with van der Waals surface area (Å²) >= 11 is 0. The van der Waals surface area contributed by atoms with Gasteiger partial charge in [-0.15, -0.1) is 0 Å². The Morgan fingerprint density at radius 3 is 2.87 bits per heavy atom. The van der Waals surface area contributed by atoms with E-state index in [0.29, 0.717) is 17.7 Å². The molecule has 1 saturated heterocycles. The predicted molar refractivity (Wildman–Crippen MR) is 60.3 cm³/mol. The number of likely N-dealkylation sites (tertiary alicyclic amines) is 1. The van der Waals surface area contributed by atoms with Gasteiger partial charge in [0.15, 0.2) is 0 Å². The molecule has 0 aromatic rings. The van der Waals surface area contributed by atoms with Crippen LogP contribution in [0.2, 0.25) is 0 Å². The van der Waals surface area contributed by atoms with E-state index in [2.05, 4.69) is 6.92 Å². The lowest BCUT2D eigenvalue weighted by molar-refractivity contribution is -0.128. The van der Waals surface area contributed by atoms with Crippen LogP contribution in [0.5, 0.6) is 0 Å². The molecular weight excluding hydrogens is 188 g/mol. The molecule has 3 nitrogen and oxygen atoms in total. The third-order valence-electron chi connectivity index (χ3n) is 3.65. The first-order chi connectivity index (χ1) is 7.20. The lowest BCUT2D eigenvalue weighted by Gasteiger charge is -2.21. The van der Waals surface area contributed by atoms with Gasteiger partial charge in [0.2, 0.25) is 5.91 Å². The van der Waals surface area contributed by atoms with Gasteiger partial charge in [0, 0.05) is 25.6 Å². The standard InChI is InChI=1S/C12H22N2O/c1-2-3-9-6-12(15)14(7-9)8-11(13)10-4-5-10/h9-11H,2-8,13H2,1H3. The van der Waals surface area contributed by atoms with Gasteiger partial charge < -0.3 is 10.6 Å². The van der Waals surface area contributed by atoms with Gasteiger partial charge in [-0.1, -0.05) is 13.3 Å². The topological polar surface area (TPSA) is 46.3 Å². The Morgan fingerprint density at radius 2 is 2.27 bits per heavy atom. The maximum Gasteiger partial charge on any atom is 0.222 e. The molecule has 1 aliphatic carbocycles. The summed E-state index contributed by atoms with van der Waals surface area (Å²) in [6, 6.07) is 0.231. The van der Waals surface area contributed by atoms with Gasteiger partial charge in [0.05, 0.1) is 0 Å². The van der Waals surface area contributed by atoms with Crippen LogP contribution in [0, 0.1) is 11.8 Å². The SMILES string of the molecule is CCCC1CC(=O)N(CC(N)C2CC2)C1. The first kappa shape index (κ1) is 10.9. The summed E-state index contributed by atoms with van der Waals surface area (Å²) in [5.41, 5.74) is 6.05. The Hall–Kier alpha value is -0.570.